The van der Waals surface area contributed by atoms with Gasteiger partial charge in [0.2, 0.25) is 0 Å². The summed E-state index contributed by atoms with van der Waals surface area (Å²) >= 11 is 0. The minimum absolute atomic E-state index is 0.109. The second-order valence-corrected chi connectivity index (χ2v) is 34.4. The van der Waals surface area contributed by atoms with E-state index in [0.29, 0.717) is 25.7 Å². The van der Waals surface area contributed by atoms with Crippen molar-refractivity contribution < 1.29 is 80.2 Å². The summed E-state index contributed by atoms with van der Waals surface area (Å²) in [6, 6.07) is 0. The van der Waals surface area contributed by atoms with Crippen molar-refractivity contribution >= 4 is 39.5 Å². The van der Waals surface area contributed by atoms with Gasteiger partial charge in [0.25, 0.3) is 0 Å². The van der Waals surface area contributed by atoms with Gasteiger partial charge in [-0.05, 0) is 31.6 Å². The second kappa shape index (κ2) is 79.7. The number of unbranched alkanes of at least 4 members (excludes halogenated alkanes) is 58. The van der Waals surface area contributed by atoms with Gasteiger partial charge in [0.05, 0.1) is 26.4 Å². The molecule has 0 aliphatic heterocycles. The van der Waals surface area contributed by atoms with Crippen molar-refractivity contribution in [3.8, 4) is 0 Å². The van der Waals surface area contributed by atoms with Crippen molar-refractivity contribution in [1.82, 2.24) is 0 Å². The molecule has 630 valence electrons. The summed E-state index contributed by atoms with van der Waals surface area (Å²) in [5.74, 6) is -1.25. The molecule has 0 spiro atoms. The Morgan fingerprint density at radius 1 is 0.264 bits per heavy atom. The van der Waals surface area contributed by atoms with Crippen LogP contribution >= 0.6 is 15.6 Å². The molecule has 17 nitrogen and oxygen atoms in total. The molecule has 0 aromatic carbocycles. The van der Waals surface area contributed by atoms with Crippen LogP contribution in [0.4, 0.5) is 0 Å². The Morgan fingerprint density at radius 3 is 0.670 bits per heavy atom. The number of esters is 4. The normalized spacial score (nSPS) is 14.0. The molecule has 0 bridgehead atoms. The molecule has 3 N–H and O–H groups in total. The van der Waals surface area contributed by atoms with E-state index in [1.807, 2.05) is 0 Å². The SMILES string of the molecule is CCCCCCCCCCCCCCCCCCCCC(=O)OC[C@H](COP(=O)(O)OC[C@@H](O)COP(=O)(O)OC[C@@H](COC(=O)CCCCCCCCCCCCCCC)OC(=O)CCCCCCCCCCCCCCCCCCC)OC(=O)CCCCCCCCCCCCCCCCC(C)CC. The molecule has 0 amide bonds. The van der Waals surface area contributed by atoms with Crippen molar-refractivity contribution in [3.63, 3.8) is 0 Å². The molecule has 0 aliphatic rings. The van der Waals surface area contributed by atoms with Crippen LogP contribution < -0.4 is 0 Å². The number of phosphoric ester groups is 2. The number of carbonyl (C=O) groups is 4. The fourth-order valence-corrected chi connectivity index (χ4v) is 15.2. The van der Waals surface area contributed by atoms with Crippen molar-refractivity contribution in [2.75, 3.05) is 39.6 Å². The molecule has 19 heteroatoms. The Kier molecular flexibility index (Phi) is 78.2. The number of hydrogen-bond acceptors (Lipinski definition) is 15. The summed E-state index contributed by atoms with van der Waals surface area (Å²) in [5.41, 5.74) is 0. The third-order valence-electron chi connectivity index (χ3n) is 20.9. The zero-order valence-corrected chi connectivity index (χ0v) is 71.4. The molecule has 106 heavy (non-hydrogen) atoms. The van der Waals surface area contributed by atoms with Gasteiger partial charge in [0.15, 0.2) is 12.2 Å². The van der Waals surface area contributed by atoms with Crippen LogP contribution in [-0.2, 0) is 65.4 Å². The summed E-state index contributed by atoms with van der Waals surface area (Å²) in [6.07, 6.45) is 73.4. The molecule has 0 aromatic heterocycles. The highest BCUT2D eigenvalue weighted by Crippen LogP contribution is 2.45. The van der Waals surface area contributed by atoms with Crippen LogP contribution in [-0.4, -0.2) is 96.7 Å². The van der Waals surface area contributed by atoms with E-state index in [-0.39, 0.29) is 25.7 Å². The minimum atomic E-state index is -4.97. The van der Waals surface area contributed by atoms with Gasteiger partial charge in [-0.15, -0.1) is 0 Å². The Balaban J connectivity index is 5.27. The molecule has 0 radical (unpaired) electrons. The number of aliphatic hydroxyl groups excluding tert-OH is 1. The Labute approximate surface area is 651 Å². The second-order valence-electron chi connectivity index (χ2n) is 31.5. The van der Waals surface area contributed by atoms with Gasteiger partial charge < -0.3 is 33.8 Å². The van der Waals surface area contributed by atoms with Crippen LogP contribution in [0.15, 0.2) is 0 Å². The van der Waals surface area contributed by atoms with Crippen molar-refractivity contribution in [2.24, 2.45) is 5.92 Å². The first-order chi connectivity index (χ1) is 51.6. The van der Waals surface area contributed by atoms with E-state index in [1.165, 1.54) is 295 Å². The lowest BCUT2D eigenvalue weighted by molar-refractivity contribution is -0.161. The average Bonchev–Trinajstić information content (AvgIpc) is 0.902. The molecule has 0 fully saturated rings. The summed E-state index contributed by atoms with van der Waals surface area (Å²) in [4.78, 5) is 73.3. The molecule has 0 rings (SSSR count). The zero-order valence-electron chi connectivity index (χ0n) is 69.6. The smallest absolute Gasteiger partial charge is 0.462 e. The minimum Gasteiger partial charge on any atom is -0.462 e. The number of phosphoric acid groups is 2. The lowest BCUT2D eigenvalue weighted by Crippen LogP contribution is -2.30. The topological polar surface area (TPSA) is 237 Å². The van der Waals surface area contributed by atoms with E-state index in [4.69, 9.17) is 37.0 Å². The van der Waals surface area contributed by atoms with Crippen LogP contribution in [0, 0.1) is 5.92 Å². The maximum Gasteiger partial charge on any atom is 0.472 e. The van der Waals surface area contributed by atoms with Crippen LogP contribution in [0.5, 0.6) is 0 Å². The molecule has 6 atom stereocenters. The first-order valence-corrected chi connectivity index (χ1v) is 48.2. The van der Waals surface area contributed by atoms with E-state index < -0.39 is 97.5 Å². The highest BCUT2D eigenvalue weighted by molar-refractivity contribution is 7.47. The molecule has 0 aromatic rings. The van der Waals surface area contributed by atoms with Gasteiger partial charge in [-0.1, -0.05) is 420 Å². The third-order valence-corrected chi connectivity index (χ3v) is 22.8. The highest BCUT2D eigenvalue weighted by atomic mass is 31.2. The summed E-state index contributed by atoms with van der Waals surface area (Å²) in [6.45, 7) is 7.44. The van der Waals surface area contributed by atoms with Crippen molar-refractivity contribution in [1.29, 1.82) is 0 Å². The van der Waals surface area contributed by atoms with E-state index in [0.717, 1.165) is 95.8 Å². The number of rotatable bonds is 87. The zero-order chi connectivity index (χ0) is 77.6. The molecule has 3 unspecified atom stereocenters. The Hall–Kier alpha value is -1.94. The van der Waals surface area contributed by atoms with Gasteiger partial charge in [0.1, 0.15) is 19.3 Å². The number of aliphatic hydroxyl groups is 1. The van der Waals surface area contributed by atoms with Gasteiger partial charge in [-0.25, -0.2) is 9.13 Å². The van der Waals surface area contributed by atoms with Gasteiger partial charge in [-0.2, -0.15) is 0 Å². The van der Waals surface area contributed by atoms with E-state index >= 15 is 0 Å². The number of hydrogen-bond donors (Lipinski definition) is 3. The Bertz CT molecular complexity index is 2020. The average molecular weight is 1550 g/mol. The van der Waals surface area contributed by atoms with E-state index in [2.05, 4.69) is 34.6 Å². The predicted octanol–water partition coefficient (Wildman–Crippen LogP) is 26.8. The monoisotopic (exact) mass is 1550 g/mol. The highest BCUT2D eigenvalue weighted by Gasteiger charge is 2.30. The quantitative estimate of drug-likeness (QED) is 0.0222. The fourth-order valence-electron chi connectivity index (χ4n) is 13.6. The maximum atomic E-state index is 13.2. The number of carbonyl (C=O) groups excluding carboxylic acids is 4. The lowest BCUT2D eigenvalue weighted by atomic mass is 9.99. The first kappa shape index (κ1) is 104. The molecular formula is C87H170O17P2. The molecular weight excluding hydrogens is 1380 g/mol. The number of ether oxygens (including phenoxy) is 4. The predicted molar refractivity (Wildman–Crippen MR) is 437 cm³/mol. The molecule has 0 heterocycles. The van der Waals surface area contributed by atoms with Gasteiger partial charge in [-0.3, -0.25) is 37.3 Å². The summed E-state index contributed by atoms with van der Waals surface area (Å²) in [5, 5.41) is 10.7. The Morgan fingerprint density at radius 2 is 0.453 bits per heavy atom. The van der Waals surface area contributed by atoms with Gasteiger partial charge >= 0.3 is 39.5 Å². The molecule has 0 saturated heterocycles. The summed E-state index contributed by atoms with van der Waals surface area (Å²) < 4.78 is 69.0. The molecule has 0 aliphatic carbocycles. The van der Waals surface area contributed by atoms with Crippen LogP contribution in [0.2, 0.25) is 0 Å². The van der Waals surface area contributed by atoms with Crippen LogP contribution in [0.25, 0.3) is 0 Å². The largest absolute Gasteiger partial charge is 0.472 e. The van der Waals surface area contributed by atoms with Crippen LogP contribution in [0.3, 0.4) is 0 Å². The van der Waals surface area contributed by atoms with E-state index in [1.54, 1.807) is 0 Å². The van der Waals surface area contributed by atoms with Crippen LogP contribution in [0.1, 0.15) is 471 Å². The molecule has 0 saturated carbocycles. The van der Waals surface area contributed by atoms with Gasteiger partial charge in [0, 0.05) is 25.7 Å². The lowest BCUT2D eigenvalue weighted by Gasteiger charge is -2.21. The standard InChI is InChI=1S/C87H170O17P2/c1-6-10-13-16-19-22-25-28-30-32-34-35-41-46-51-56-61-66-71-85(90)98-77-83(104-87(92)73-68-63-58-53-48-43-38-37-40-44-49-54-59-64-69-80(5)9-4)79-102-106(95,96)100-75-81(88)74-99-105(93,94)101-78-82(76-97-84(89)70-65-60-55-50-45-39-27-24-21-18-15-12-8-3)103-86(91)72-67-62-57-52-47-42-36-33-31-29-26-23-20-17-14-11-7-2/h80-83,88H,6-79H2,1-5H3,(H,93,94)(H,95,96)/t80?,81-,82+,83+/m0/s1. The third kappa shape index (κ3) is 78.7. The maximum absolute atomic E-state index is 13.2. The first-order valence-electron chi connectivity index (χ1n) is 45.2. The fraction of sp³-hybridized carbons (Fsp3) is 0.954. The summed E-state index contributed by atoms with van der Waals surface area (Å²) in [7, 11) is -9.93. The van der Waals surface area contributed by atoms with E-state index in [9.17, 15) is 43.2 Å². The van der Waals surface area contributed by atoms with Crippen molar-refractivity contribution in [2.45, 2.75) is 490 Å². The van der Waals surface area contributed by atoms with Crippen molar-refractivity contribution in [3.05, 3.63) is 0 Å².